The number of hydrogen-bond donors (Lipinski definition) is 1. The number of nitrogens with one attached hydrogen (secondary N) is 1. The van der Waals surface area contributed by atoms with Crippen molar-refractivity contribution in [3.8, 4) is 11.3 Å². The summed E-state index contributed by atoms with van der Waals surface area (Å²) in [6.07, 6.45) is 7.45. The van der Waals surface area contributed by atoms with Crippen LogP contribution in [0.1, 0.15) is 25.7 Å². The van der Waals surface area contributed by atoms with Gasteiger partial charge in [-0.15, -0.1) is 0 Å². The second kappa shape index (κ2) is 5.26. The van der Waals surface area contributed by atoms with Crippen molar-refractivity contribution in [2.45, 2.75) is 25.7 Å². The van der Waals surface area contributed by atoms with Gasteiger partial charge in [-0.1, -0.05) is 12.8 Å². The maximum Gasteiger partial charge on any atom is 0.227 e. The molecule has 98 valence electrons. The first-order valence-electron chi connectivity index (χ1n) is 6.63. The van der Waals surface area contributed by atoms with Crippen molar-refractivity contribution in [2.24, 2.45) is 5.92 Å². The van der Waals surface area contributed by atoms with Gasteiger partial charge in [-0.2, -0.15) is 0 Å². The Labute approximate surface area is 111 Å². The van der Waals surface area contributed by atoms with Gasteiger partial charge in [0, 0.05) is 17.2 Å². The number of nitrogens with zero attached hydrogens (tertiary/aromatic N) is 1. The molecule has 1 heterocycles. The summed E-state index contributed by atoms with van der Waals surface area (Å²) in [7, 11) is 0. The van der Waals surface area contributed by atoms with E-state index in [1.807, 2.05) is 24.3 Å². The summed E-state index contributed by atoms with van der Waals surface area (Å²) < 4.78 is 5.22. The number of carbonyl (C=O) groups is 1. The molecule has 4 nitrogen and oxygen atoms in total. The van der Waals surface area contributed by atoms with Gasteiger partial charge in [0.1, 0.15) is 0 Å². The Morgan fingerprint density at radius 1 is 1.21 bits per heavy atom. The lowest BCUT2D eigenvalue weighted by atomic mass is 10.1. The van der Waals surface area contributed by atoms with Crippen LogP contribution < -0.4 is 5.32 Å². The van der Waals surface area contributed by atoms with Crippen LogP contribution in [0.5, 0.6) is 0 Å². The molecule has 0 spiro atoms. The summed E-state index contributed by atoms with van der Waals surface area (Å²) in [5.74, 6) is 1.06. The maximum absolute atomic E-state index is 12.0. The smallest absolute Gasteiger partial charge is 0.227 e. The van der Waals surface area contributed by atoms with Crippen LogP contribution in [0.15, 0.2) is 41.3 Å². The summed E-state index contributed by atoms with van der Waals surface area (Å²) >= 11 is 0. The van der Waals surface area contributed by atoms with Crippen molar-refractivity contribution in [2.75, 3.05) is 5.32 Å². The minimum Gasteiger partial charge on any atom is -0.444 e. The minimum absolute atomic E-state index is 0.143. The van der Waals surface area contributed by atoms with Crippen LogP contribution in [-0.4, -0.2) is 10.9 Å². The zero-order valence-corrected chi connectivity index (χ0v) is 10.6. The van der Waals surface area contributed by atoms with E-state index in [4.69, 9.17) is 4.42 Å². The van der Waals surface area contributed by atoms with Gasteiger partial charge in [-0.3, -0.25) is 4.79 Å². The number of benzene rings is 1. The number of anilines is 1. The molecule has 1 aliphatic rings. The fraction of sp³-hybridized carbons (Fsp3) is 0.333. The number of oxazole rings is 1. The van der Waals surface area contributed by atoms with E-state index >= 15 is 0 Å². The quantitative estimate of drug-likeness (QED) is 0.914. The van der Waals surface area contributed by atoms with E-state index < -0.39 is 0 Å². The molecule has 1 N–H and O–H groups in total. The molecule has 0 atom stereocenters. The second-order valence-corrected chi connectivity index (χ2v) is 4.91. The van der Waals surface area contributed by atoms with Gasteiger partial charge in [0.2, 0.25) is 5.91 Å². The maximum atomic E-state index is 12.0. The molecule has 0 unspecified atom stereocenters. The number of amides is 1. The van der Waals surface area contributed by atoms with Gasteiger partial charge in [-0.05, 0) is 37.1 Å². The summed E-state index contributed by atoms with van der Waals surface area (Å²) in [6, 6.07) is 7.63. The SMILES string of the molecule is O=C(Nc1ccc(-c2cnco2)cc1)C1CCCC1. The largest absolute Gasteiger partial charge is 0.444 e. The Hall–Kier alpha value is -2.10. The van der Waals surface area contributed by atoms with Crippen LogP contribution in [0, 0.1) is 5.92 Å². The fourth-order valence-corrected chi connectivity index (χ4v) is 2.51. The zero-order valence-electron chi connectivity index (χ0n) is 10.6. The molecule has 0 radical (unpaired) electrons. The summed E-state index contributed by atoms with van der Waals surface area (Å²) in [5, 5.41) is 2.97. The third kappa shape index (κ3) is 2.67. The van der Waals surface area contributed by atoms with Crippen LogP contribution in [0.3, 0.4) is 0 Å². The van der Waals surface area contributed by atoms with Crippen molar-refractivity contribution in [3.63, 3.8) is 0 Å². The van der Waals surface area contributed by atoms with E-state index in [9.17, 15) is 4.79 Å². The van der Waals surface area contributed by atoms with E-state index in [-0.39, 0.29) is 11.8 Å². The van der Waals surface area contributed by atoms with Crippen LogP contribution in [0.4, 0.5) is 5.69 Å². The van der Waals surface area contributed by atoms with Crippen LogP contribution in [0.2, 0.25) is 0 Å². The number of hydrogen-bond acceptors (Lipinski definition) is 3. The van der Waals surface area contributed by atoms with Gasteiger partial charge in [0.25, 0.3) is 0 Å². The van der Waals surface area contributed by atoms with Crippen LogP contribution in [0.25, 0.3) is 11.3 Å². The minimum atomic E-state index is 0.143. The highest BCUT2D eigenvalue weighted by Gasteiger charge is 2.22. The topological polar surface area (TPSA) is 55.1 Å². The van der Waals surface area contributed by atoms with E-state index in [1.165, 1.54) is 19.2 Å². The first-order valence-corrected chi connectivity index (χ1v) is 6.63. The van der Waals surface area contributed by atoms with E-state index in [0.717, 1.165) is 29.9 Å². The van der Waals surface area contributed by atoms with E-state index in [2.05, 4.69) is 10.3 Å². The highest BCUT2D eigenvalue weighted by atomic mass is 16.3. The fourth-order valence-electron chi connectivity index (χ4n) is 2.51. The first-order chi connectivity index (χ1) is 9.33. The molecular formula is C15H16N2O2. The first kappa shape index (κ1) is 12.0. The van der Waals surface area contributed by atoms with Gasteiger partial charge in [0.05, 0.1) is 6.20 Å². The number of carbonyl (C=O) groups excluding carboxylic acids is 1. The molecule has 2 aromatic rings. The highest BCUT2D eigenvalue weighted by molar-refractivity contribution is 5.92. The van der Waals surface area contributed by atoms with Crippen LogP contribution >= 0.6 is 0 Å². The Balaban J connectivity index is 1.67. The molecule has 1 amide bonds. The van der Waals surface area contributed by atoms with Gasteiger partial charge in [0.15, 0.2) is 12.2 Å². The third-order valence-electron chi connectivity index (χ3n) is 3.60. The predicted octanol–water partition coefficient (Wildman–Crippen LogP) is 3.47. The van der Waals surface area contributed by atoms with Crippen molar-refractivity contribution in [1.82, 2.24) is 4.98 Å². The zero-order chi connectivity index (χ0) is 13.1. The summed E-state index contributed by atoms with van der Waals surface area (Å²) in [6.45, 7) is 0. The van der Waals surface area contributed by atoms with Crippen molar-refractivity contribution in [3.05, 3.63) is 36.9 Å². The highest BCUT2D eigenvalue weighted by Crippen LogP contribution is 2.26. The number of rotatable bonds is 3. The van der Waals surface area contributed by atoms with Crippen molar-refractivity contribution in [1.29, 1.82) is 0 Å². The normalized spacial score (nSPS) is 15.6. The average Bonchev–Trinajstić information content (AvgIpc) is 3.13. The lowest BCUT2D eigenvalue weighted by molar-refractivity contribution is -0.119. The molecule has 19 heavy (non-hydrogen) atoms. The second-order valence-electron chi connectivity index (χ2n) is 4.91. The molecule has 4 heteroatoms. The molecule has 0 saturated heterocycles. The summed E-state index contributed by atoms with van der Waals surface area (Å²) in [5.41, 5.74) is 1.79. The standard InChI is InChI=1S/C15H16N2O2/c18-15(12-3-1-2-4-12)17-13-7-5-11(6-8-13)14-9-16-10-19-14/h5-10,12H,1-4H2,(H,17,18). The Kier molecular flexibility index (Phi) is 3.31. The third-order valence-corrected chi connectivity index (χ3v) is 3.60. The monoisotopic (exact) mass is 256 g/mol. The average molecular weight is 256 g/mol. The van der Waals surface area contributed by atoms with Crippen LogP contribution in [-0.2, 0) is 4.79 Å². The molecule has 1 aliphatic carbocycles. The molecular weight excluding hydrogens is 240 g/mol. The van der Waals surface area contributed by atoms with Gasteiger partial charge < -0.3 is 9.73 Å². The molecule has 0 bridgehead atoms. The van der Waals surface area contributed by atoms with Gasteiger partial charge in [-0.25, -0.2) is 4.98 Å². The lowest BCUT2D eigenvalue weighted by Gasteiger charge is -2.10. The molecule has 1 fully saturated rings. The summed E-state index contributed by atoms with van der Waals surface area (Å²) in [4.78, 5) is 15.9. The Morgan fingerprint density at radius 2 is 1.95 bits per heavy atom. The Bertz CT molecular complexity index is 540. The molecule has 3 rings (SSSR count). The molecule has 1 aromatic heterocycles. The molecule has 1 aromatic carbocycles. The predicted molar refractivity (Wildman–Crippen MR) is 72.5 cm³/mol. The Morgan fingerprint density at radius 3 is 2.58 bits per heavy atom. The van der Waals surface area contributed by atoms with E-state index in [0.29, 0.717) is 0 Å². The molecule has 1 saturated carbocycles. The van der Waals surface area contributed by atoms with Crippen molar-refractivity contribution < 1.29 is 9.21 Å². The van der Waals surface area contributed by atoms with E-state index in [1.54, 1.807) is 6.20 Å². The molecule has 0 aliphatic heterocycles. The van der Waals surface area contributed by atoms with Gasteiger partial charge >= 0.3 is 0 Å². The lowest BCUT2D eigenvalue weighted by Crippen LogP contribution is -2.20. The van der Waals surface area contributed by atoms with Crippen molar-refractivity contribution >= 4 is 11.6 Å². The number of aromatic nitrogens is 1.